The van der Waals surface area contributed by atoms with Crippen LogP contribution in [0.5, 0.6) is 5.75 Å². The van der Waals surface area contributed by atoms with Gasteiger partial charge in [0.15, 0.2) is 5.78 Å². The van der Waals surface area contributed by atoms with Gasteiger partial charge in [0.05, 0.1) is 11.7 Å². The SMILES string of the molecule is CC(=O)c1cc(CC=C(C)C)c(O)c(CC(O)C(C)(C)O)c1. The summed E-state index contributed by atoms with van der Waals surface area (Å²) >= 11 is 0. The Morgan fingerprint density at radius 2 is 1.77 bits per heavy atom. The molecule has 0 aliphatic heterocycles. The Morgan fingerprint density at radius 3 is 2.23 bits per heavy atom. The van der Waals surface area contributed by atoms with Gasteiger partial charge >= 0.3 is 0 Å². The van der Waals surface area contributed by atoms with Crippen LogP contribution in [0, 0.1) is 0 Å². The summed E-state index contributed by atoms with van der Waals surface area (Å²) < 4.78 is 0. The quantitative estimate of drug-likeness (QED) is 0.558. The summed E-state index contributed by atoms with van der Waals surface area (Å²) in [5, 5.41) is 30.3. The highest BCUT2D eigenvalue weighted by Gasteiger charge is 2.26. The number of aliphatic hydroxyl groups excluding tert-OH is 1. The molecule has 0 saturated carbocycles. The number of rotatable bonds is 6. The molecule has 0 aromatic heterocycles. The van der Waals surface area contributed by atoms with Gasteiger partial charge in [-0.3, -0.25) is 4.79 Å². The number of phenols is 1. The largest absolute Gasteiger partial charge is 0.507 e. The van der Waals surface area contributed by atoms with Crippen molar-refractivity contribution in [2.24, 2.45) is 0 Å². The topological polar surface area (TPSA) is 77.8 Å². The molecule has 0 aliphatic rings. The Labute approximate surface area is 132 Å². The van der Waals surface area contributed by atoms with Crippen molar-refractivity contribution in [3.05, 3.63) is 40.5 Å². The molecule has 1 unspecified atom stereocenters. The van der Waals surface area contributed by atoms with Crippen LogP contribution < -0.4 is 0 Å². The van der Waals surface area contributed by atoms with Crippen LogP contribution in [0.4, 0.5) is 0 Å². The van der Waals surface area contributed by atoms with Crippen molar-refractivity contribution < 1.29 is 20.1 Å². The van der Waals surface area contributed by atoms with E-state index in [1.807, 2.05) is 19.9 Å². The Kier molecular flexibility index (Phi) is 5.92. The first kappa shape index (κ1) is 18.4. The maximum atomic E-state index is 11.7. The molecule has 3 N–H and O–H groups in total. The van der Waals surface area contributed by atoms with Crippen LogP contribution in [0.1, 0.15) is 56.1 Å². The van der Waals surface area contributed by atoms with Crippen LogP contribution >= 0.6 is 0 Å². The van der Waals surface area contributed by atoms with E-state index >= 15 is 0 Å². The van der Waals surface area contributed by atoms with Crippen molar-refractivity contribution in [2.45, 2.75) is 59.2 Å². The Balaban J connectivity index is 3.25. The predicted molar refractivity (Wildman–Crippen MR) is 87.3 cm³/mol. The second kappa shape index (κ2) is 7.07. The predicted octanol–water partition coefficient (Wildman–Crippen LogP) is 2.78. The molecule has 0 bridgehead atoms. The first-order valence-electron chi connectivity index (χ1n) is 7.42. The van der Waals surface area contributed by atoms with Crippen LogP contribution in [0.15, 0.2) is 23.8 Å². The number of hydrogen-bond acceptors (Lipinski definition) is 4. The summed E-state index contributed by atoms with van der Waals surface area (Å²) in [7, 11) is 0. The summed E-state index contributed by atoms with van der Waals surface area (Å²) in [4.78, 5) is 11.7. The monoisotopic (exact) mass is 306 g/mol. The van der Waals surface area contributed by atoms with E-state index in [2.05, 4.69) is 0 Å². The van der Waals surface area contributed by atoms with Gasteiger partial charge < -0.3 is 15.3 Å². The van der Waals surface area contributed by atoms with Crippen LogP contribution in [0.25, 0.3) is 0 Å². The third-order valence-corrected chi connectivity index (χ3v) is 3.63. The first-order chi connectivity index (χ1) is 10.0. The van der Waals surface area contributed by atoms with Crippen LogP contribution in [-0.2, 0) is 12.8 Å². The summed E-state index contributed by atoms with van der Waals surface area (Å²) in [5.74, 6) is -0.0248. The van der Waals surface area contributed by atoms with E-state index in [0.717, 1.165) is 5.57 Å². The maximum absolute atomic E-state index is 11.7. The summed E-state index contributed by atoms with van der Waals surface area (Å²) in [6.45, 7) is 8.41. The minimum atomic E-state index is -1.28. The van der Waals surface area contributed by atoms with Gasteiger partial charge in [0.1, 0.15) is 5.75 Å². The van der Waals surface area contributed by atoms with Crippen molar-refractivity contribution in [1.82, 2.24) is 0 Å². The number of ketones is 1. The molecular formula is C18H26O4. The third-order valence-electron chi connectivity index (χ3n) is 3.63. The molecule has 1 aromatic carbocycles. The number of allylic oxidation sites excluding steroid dienone is 2. The fourth-order valence-electron chi connectivity index (χ4n) is 2.05. The van der Waals surface area contributed by atoms with E-state index in [9.17, 15) is 20.1 Å². The molecule has 22 heavy (non-hydrogen) atoms. The number of Topliss-reactive ketones (excluding diaryl/α,β-unsaturated/α-hetero) is 1. The smallest absolute Gasteiger partial charge is 0.159 e. The average Bonchev–Trinajstić information content (AvgIpc) is 2.37. The van der Waals surface area contributed by atoms with Gasteiger partial charge in [-0.1, -0.05) is 11.6 Å². The zero-order chi connectivity index (χ0) is 17.1. The number of hydrogen-bond donors (Lipinski definition) is 3. The van der Waals surface area contributed by atoms with Crippen molar-refractivity contribution in [2.75, 3.05) is 0 Å². The van der Waals surface area contributed by atoms with Gasteiger partial charge in [-0.2, -0.15) is 0 Å². The second-order valence-corrected chi connectivity index (χ2v) is 6.56. The number of phenolic OH excluding ortho intramolecular Hbond substituents is 1. The molecule has 0 saturated heterocycles. The van der Waals surface area contributed by atoms with Gasteiger partial charge in [-0.15, -0.1) is 0 Å². The standard InChI is InChI=1S/C18H26O4/c1-11(2)6-7-13-8-14(12(3)19)9-15(17(13)21)10-16(20)18(4,5)22/h6,8-9,16,20-22H,7,10H2,1-5H3. The molecule has 0 radical (unpaired) electrons. The molecule has 0 heterocycles. The van der Waals surface area contributed by atoms with E-state index in [1.165, 1.54) is 20.8 Å². The maximum Gasteiger partial charge on any atom is 0.159 e. The van der Waals surface area contributed by atoms with E-state index in [0.29, 0.717) is 23.1 Å². The number of benzene rings is 1. The van der Waals surface area contributed by atoms with Crippen molar-refractivity contribution in [1.29, 1.82) is 0 Å². The third kappa shape index (κ3) is 4.97. The van der Waals surface area contributed by atoms with E-state index in [4.69, 9.17) is 0 Å². The summed E-state index contributed by atoms with van der Waals surface area (Å²) in [6, 6.07) is 3.26. The molecular weight excluding hydrogens is 280 g/mol. The molecule has 4 heteroatoms. The highest BCUT2D eigenvalue weighted by Crippen LogP contribution is 2.29. The zero-order valence-corrected chi connectivity index (χ0v) is 14.0. The van der Waals surface area contributed by atoms with Crippen molar-refractivity contribution >= 4 is 5.78 Å². The van der Waals surface area contributed by atoms with Crippen molar-refractivity contribution in [3.8, 4) is 5.75 Å². The van der Waals surface area contributed by atoms with E-state index in [1.54, 1.807) is 12.1 Å². The molecule has 0 amide bonds. The molecule has 0 fully saturated rings. The van der Waals surface area contributed by atoms with E-state index < -0.39 is 11.7 Å². The summed E-state index contributed by atoms with van der Waals surface area (Å²) in [5.41, 5.74) is 1.45. The minimum absolute atomic E-state index is 0.0748. The average molecular weight is 306 g/mol. The Morgan fingerprint density at radius 1 is 1.23 bits per heavy atom. The Hall–Kier alpha value is -1.65. The lowest BCUT2D eigenvalue weighted by Crippen LogP contribution is -2.37. The molecule has 1 aromatic rings. The molecule has 1 atom stereocenters. The normalized spacial score (nSPS) is 12.9. The highest BCUT2D eigenvalue weighted by molar-refractivity contribution is 5.94. The van der Waals surface area contributed by atoms with Crippen LogP contribution in [0.3, 0.4) is 0 Å². The minimum Gasteiger partial charge on any atom is -0.507 e. The van der Waals surface area contributed by atoms with Gasteiger partial charge in [0.25, 0.3) is 0 Å². The molecule has 0 aliphatic carbocycles. The van der Waals surface area contributed by atoms with Crippen molar-refractivity contribution in [3.63, 3.8) is 0 Å². The van der Waals surface area contributed by atoms with Crippen LogP contribution in [0.2, 0.25) is 0 Å². The molecule has 1 rings (SSSR count). The van der Waals surface area contributed by atoms with Gasteiger partial charge in [0, 0.05) is 12.0 Å². The lowest BCUT2D eigenvalue weighted by Gasteiger charge is -2.25. The Bertz CT molecular complexity index is 575. The molecule has 122 valence electrons. The van der Waals surface area contributed by atoms with E-state index in [-0.39, 0.29) is 18.0 Å². The second-order valence-electron chi connectivity index (χ2n) is 6.56. The lowest BCUT2D eigenvalue weighted by molar-refractivity contribution is -0.0471. The van der Waals surface area contributed by atoms with Crippen LogP contribution in [-0.4, -0.2) is 32.8 Å². The highest BCUT2D eigenvalue weighted by atomic mass is 16.3. The number of aliphatic hydroxyl groups is 2. The first-order valence-corrected chi connectivity index (χ1v) is 7.42. The lowest BCUT2D eigenvalue weighted by atomic mass is 9.91. The van der Waals surface area contributed by atoms with Gasteiger partial charge in [-0.25, -0.2) is 0 Å². The van der Waals surface area contributed by atoms with Gasteiger partial charge in [0.2, 0.25) is 0 Å². The molecule has 4 nitrogen and oxygen atoms in total. The number of carbonyl (C=O) groups is 1. The fourth-order valence-corrected chi connectivity index (χ4v) is 2.05. The van der Waals surface area contributed by atoms with Gasteiger partial charge in [-0.05, 0) is 64.3 Å². The summed E-state index contributed by atoms with van der Waals surface area (Å²) in [6.07, 6.45) is 1.53. The number of aromatic hydroxyl groups is 1. The zero-order valence-electron chi connectivity index (χ0n) is 14.0. The molecule has 0 spiro atoms. The fraction of sp³-hybridized carbons (Fsp3) is 0.500. The number of carbonyl (C=O) groups excluding carboxylic acids is 1.